The van der Waals surface area contributed by atoms with Gasteiger partial charge in [-0.25, -0.2) is 0 Å². The van der Waals surface area contributed by atoms with E-state index >= 15 is 0 Å². The molecule has 0 heterocycles. The lowest BCUT2D eigenvalue weighted by atomic mass is 10.0. The number of thioether (sulfide) groups is 1. The second-order valence-corrected chi connectivity index (χ2v) is 7.14. The van der Waals surface area contributed by atoms with Crippen molar-refractivity contribution in [2.45, 2.75) is 39.5 Å². The Balaban J connectivity index is 2.17. The summed E-state index contributed by atoms with van der Waals surface area (Å²) in [5.74, 6) is -0.0452. The number of nitrogens with one attached hydrogen (secondary N) is 1. The summed E-state index contributed by atoms with van der Waals surface area (Å²) in [7, 11) is 0. The Morgan fingerprint density at radius 2 is 1.68 bits per heavy atom. The van der Waals surface area contributed by atoms with Crippen molar-refractivity contribution in [3.63, 3.8) is 0 Å². The Labute approximate surface area is 152 Å². The van der Waals surface area contributed by atoms with Gasteiger partial charge in [-0.2, -0.15) is 0 Å². The minimum absolute atomic E-state index is 0.0860. The summed E-state index contributed by atoms with van der Waals surface area (Å²) in [6.07, 6.45) is 0. The molecule has 0 unspecified atom stereocenters. The Hall–Kier alpha value is -2.34. The van der Waals surface area contributed by atoms with E-state index in [9.17, 15) is 14.9 Å². The Kier molecular flexibility index (Phi) is 5.85. The highest BCUT2D eigenvalue weighted by atomic mass is 32.2. The number of hydrogen-bond donors (Lipinski definition) is 1. The predicted molar refractivity (Wildman–Crippen MR) is 103 cm³/mol. The summed E-state index contributed by atoms with van der Waals surface area (Å²) in [6.45, 7) is 9.96. The summed E-state index contributed by atoms with van der Waals surface area (Å²) in [5.41, 5.74) is 5.59. The maximum atomic E-state index is 12.4. The summed E-state index contributed by atoms with van der Waals surface area (Å²) in [6, 6.07) is 6.90. The van der Waals surface area contributed by atoms with Crippen molar-refractivity contribution in [1.29, 1.82) is 0 Å². The van der Waals surface area contributed by atoms with E-state index in [1.165, 1.54) is 40.1 Å². The lowest BCUT2D eigenvalue weighted by Crippen LogP contribution is -2.16. The van der Waals surface area contributed by atoms with Crippen LogP contribution in [0.15, 0.2) is 29.2 Å². The minimum Gasteiger partial charge on any atom is -0.319 e. The van der Waals surface area contributed by atoms with Crippen molar-refractivity contribution < 1.29 is 9.72 Å². The molecule has 0 aromatic heterocycles. The first kappa shape index (κ1) is 19.0. The molecular weight excluding hydrogens is 336 g/mol. The third-order valence-electron chi connectivity index (χ3n) is 4.36. The first-order valence-electron chi connectivity index (χ1n) is 7.96. The topological polar surface area (TPSA) is 72.2 Å². The van der Waals surface area contributed by atoms with E-state index in [0.29, 0.717) is 5.56 Å². The minimum atomic E-state index is -0.478. The van der Waals surface area contributed by atoms with Gasteiger partial charge in [0.2, 0.25) is 5.91 Å². The molecule has 2 aromatic carbocycles. The SMILES string of the molecule is Cc1cc(C)c(C)c(SCC(=O)Nc2c(C)cccc2[N+](=O)[O-])c1C. The molecule has 0 bridgehead atoms. The molecule has 0 spiro atoms. The second kappa shape index (κ2) is 7.70. The average Bonchev–Trinajstić information content (AvgIpc) is 2.54. The fourth-order valence-corrected chi connectivity index (χ4v) is 3.78. The van der Waals surface area contributed by atoms with Crippen LogP contribution in [-0.4, -0.2) is 16.6 Å². The van der Waals surface area contributed by atoms with Gasteiger partial charge < -0.3 is 5.32 Å². The number of anilines is 1. The molecule has 1 N–H and O–H groups in total. The van der Waals surface area contributed by atoms with Crippen LogP contribution < -0.4 is 5.32 Å². The number of carbonyl (C=O) groups is 1. The van der Waals surface area contributed by atoms with Crippen LogP contribution >= 0.6 is 11.8 Å². The van der Waals surface area contributed by atoms with E-state index in [1.54, 1.807) is 19.1 Å². The number of nitro groups is 1. The van der Waals surface area contributed by atoms with Gasteiger partial charge in [0, 0.05) is 11.0 Å². The molecule has 1 amide bonds. The van der Waals surface area contributed by atoms with Crippen LogP contribution in [0.25, 0.3) is 0 Å². The molecular formula is C19H22N2O3S. The third kappa shape index (κ3) is 4.20. The van der Waals surface area contributed by atoms with E-state index in [0.717, 1.165) is 4.90 Å². The predicted octanol–water partition coefficient (Wildman–Crippen LogP) is 4.87. The maximum Gasteiger partial charge on any atom is 0.293 e. The first-order chi connectivity index (χ1) is 11.7. The van der Waals surface area contributed by atoms with Crippen LogP contribution in [0.5, 0.6) is 0 Å². The molecule has 0 saturated carbocycles. The Morgan fingerprint density at radius 3 is 2.24 bits per heavy atom. The van der Waals surface area contributed by atoms with Crippen LogP contribution in [0.4, 0.5) is 11.4 Å². The van der Waals surface area contributed by atoms with Gasteiger partial charge in [-0.15, -0.1) is 11.8 Å². The standard InChI is InChI=1S/C19H22N2O3S/c1-11-7-6-8-16(21(23)24)18(11)20-17(22)10-25-19-14(4)12(2)9-13(3)15(19)5/h6-9H,10H2,1-5H3,(H,20,22). The molecule has 6 heteroatoms. The van der Waals surface area contributed by atoms with Gasteiger partial charge in [0.15, 0.2) is 0 Å². The van der Waals surface area contributed by atoms with Gasteiger partial charge in [-0.3, -0.25) is 14.9 Å². The lowest BCUT2D eigenvalue weighted by molar-refractivity contribution is -0.384. The van der Waals surface area contributed by atoms with Gasteiger partial charge in [-0.05, 0) is 62.4 Å². The van der Waals surface area contributed by atoms with Crippen LogP contribution in [-0.2, 0) is 4.79 Å². The molecule has 0 aliphatic heterocycles. The Bertz CT molecular complexity index is 821. The number of aryl methyl sites for hydroxylation is 3. The van der Waals surface area contributed by atoms with Crippen molar-refractivity contribution in [1.82, 2.24) is 0 Å². The van der Waals surface area contributed by atoms with Crippen molar-refractivity contribution in [2.24, 2.45) is 0 Å². The fraction of sp³-hybridized carbons (Fsp3) is 0.316. The highest BCUT2D eigenvalue weighted by Gasteiger charge is 2.18. The number of benzene rings is 2. The van der Waals surface area contributed by atoms with Crippen LogP contribution in [0, 0.1) is 44.7 Å². The van der Waals surface area contributed by atoms with E-state index in [1.807, 2.05) is 13.8 Å². The fourth-order valence-electron chi connectivity index (χ4n) is 2.68. The van der Waals surface area contributed by atoms with E-state index in [4.69, 9.17) is 0 Å². The molecule has 0 fully saturated rings. The van der Waals surface area contributed by atoms with Crippen molar-refractivity contribution in [3.05, 3.63) is 62.2 Å². The normalized spacial score (nSPS) is 10.6. The van der Waals surface area contributed by atoms with Crippen LogP contribution in [0.2, 0.25) is 0 Å². The molecule has 2 aromatic rings. The summed E-state index contributed by atoms with van der Waals surface area (Å²) in [4.78, 5) is 24.1. The number of nitrogens with zero attached hydrogens (tertiary/aromatic N) is 1. The number of nitro benzene ring substituents is 1. The van der Waals surface area contributed by atoms with E-state index < -0.39 is 4.92 Å². The average molecular weight is 358 g/mol. The van der Waals surface area contributed by atoms with Gasteiger partial charge >= 0.3 is 0 Å². The first-order valence-corrected chi connectivity index (χ1v) is 8.95. The third-order valence-corrected chi connectivity index (χ3v) is 5.66. The molecule has 25 heavy (non-hydrogen) atoms. The zero-order valence-corrected chi connectivity index (χ0v) is 15.9. The van der Waals surface area contributed by atoms with Gasteiger partial charge in [0.1, 0.15) is 5.69 Å². The molecule has 132 valence electrons. The number of amides is 1. The summed E-state index contributed by atoms with van der Waals surface area (Å²) in [5, 5.41) is 13.8. The molecule has 5 nitrogen and oxygen atoms in total. The maximum absolute atomic E-state index is 12.4. The lowest BCUT2D eigenvalue weighted by Gasteiger charge is -2.15. The van der Waals surface area contributed by atoms with Crippen LogP contribution in [0.1, 0.15) is 27.8 Å². The summed E-state index contributed by atoms with van der Waals surface area (Å²) >= 11 is 1.47. The number of para-hydroxylation sites is 1. The smallest absolute Gasteiger partial charge is 0.293 e. The van der Waals surface area contributed by atoms with Crippen molar-refractivity contribution >= 4 is 29.0 Å². The highest BCUT2D eigenvalue weighted by Crippen LogP contribution is 2.32. The number of hydrogen-bond acceptors (Lipinski definition) is 4. The molecule has 0 radical (unpaired) electrons. The number of carbonyl (C=O) groups excluding carboxylic acids is 1. The van der Waals surface area contributed by atoms with Crippen LogP contribution in [0.3, 0.4) is 0 Å². The zero-order chi connectivity index (χ0) is 18.7. The zero-order valence-electron chi connectivity index (χ0n) is 15.1. The summed E-state index contributed by atoms with van der Waals surface area (Å²) < 4.78 is 0. The quantitative estimate of drug-likeness (QED) is 0.470. The van der Waals surface area contributed by atoms with Crippen molar-refractivity contribution in [2.75, 3.05) is 11.1 Å². The molecule has 0 saturated heterocycles. The highest BCUT2D eigenvalue weighted by molar-refractivity contribution is 8.00. The monoisotopic (exact) mass is 358 g/mol. The molecule has 0 aliphatic rings. The van der Waals surface area contributed by atoms with E-state index in [-0.39, 0.29) is 23.0 Å². The molecule has 0 atom stereocenters. The second-order valence-electron chi connectivity index (χ2n) is 6.15. The van der Waals surface area contributed by atoms with Gasteiger partial charge in [0.25, 0.3) is 5.69 Å². The van der Waals surface area contributed by atoms with Crippen molar-refractivity contribution in [3.8, 4) is 0 Å². The van der Waals surface area contributed by atoms with Gasteiger partial charge in [-0.1, -0.05) is 18.2 Å². The largest absolute Gasteiger partial charge is 0.319 e. The molecule has 2 rings (SSSR count). The Morgan fingerprint density at radius 1 is 1.08 bits per heavy atom. The van der Waals surface area contributed by atoms with Gasteiger partial charge in [0.05, 0.1) is 10.7 Å². The number of rotatable bonds is 5. The van der Waals surface area contributed by atoms with E-state index in [2.05, 4.69) is 25.2 Å². The molecule has 0 aliphatic carbocycles.